The number of fused-ring (bicyclic) bond motifs is 1. The van der Waals surface area contributed by atoms with Crippen molar-refractivity contribution < 1.29 is 23.9 Å². The summed E-state index contributed by atoms with van der Waals surface area (Å²) < 4.78 is 6.08. The van der Waals surface area contributed by atoms with Gasteiger partial charge in [0.1, 0.15) is 24.7 Å². The van der Waals surface area contributed by atoms with E-state index in [4.69, 9.17) is 4.74 Å². The summed E-state index contributed by atoms with van der Waals surface area (Å²) in [5, 5.41) is 2.31. The maximum Gasteiger partial charge on any atom is 0.255 e. The predicted molar refractivity (Wildman–Crippen MR) is 123 cm³/mol. The maximum atomic E-state index is 12.9. The van der Waals surface area contributed by atoms with Crippen LogP contribution in [0.3, 0.4) is 0 Å². The minimum atomic E-state index is -0.645. The van der Waals surface area contributed by atoms with Crippen molar-refractivity contribution in [1.29, 1.82) is 0 Å². The molecular formula is C25H27N5O5. The number of nitrogens with one attached hydrogen (secondary N) is 1. The van der Waals surface area contributed by atoms with Crippen molar-refractivity contribution in [1.82, 2.24) is 25.1 Å². The van der Waals surface area contributed by atoms with Gasteiger partial charge in [-0.25, -0.2) is 9.97 Å². The Kier molecular flexibility index (Phi) is 6.43. The smallest absolute Gasteiger partial charge is 0.255 e. The molecule has 0 aliphatic carbocycles. The number of amides is 4. The second-order valence-electron chi connectivity index (χ2n) is 9.19. The van der Waals surface area contributed by atoms with Crippen LogP contribution >= 0.6 is 0 Å². The number of aromatic nitrogens is 2. The molecule has 1 aromatic carbocycles. The summed E-state index contributed by atoms with van der Waals surface area (Å²) in [5.41, 5.74) is 2.12. The zero-order chi connectivity index (χ0) is 24.4. The minimum Gasteiger partial charge on any atom is -0.491 e. The fourth-order valence-electron chi connectivity index (χ4n) is 5.03. The zero-order valence-corrected chi connectivity index (χ0v) is 19.3. The van der Waals surface area contributed by atoms with Gasteiger partial charge in [0.15, 0.2) is 0 Å². The lowest BCUT2D eigenvalue weighted by atomic mass is 10.0. The van der Waals surface area contributed by atoms with Crippen LogP contribution in [0, 0.1) is 0 Å². The molecule has 0 bridgehead atoms. The molecule has 3 aliphatic rings. The first kappa shape index (κ1) is 22.9. The van der Waals surface area contributed by atoms with Crippen molar-refractivity contribution in [3.05, 3.63) is 53.6 Å². The number of carbonyl (C=O) groups is 4. The molecule has 35 heavy (non-hydrogen) atoms. The van der Waals surface area contributed by atoms with Crippen LogP contribution in [-0.2, 0) is 27.3 Å². The van der Waals surface area contributed by atoms with Gasteiger partial charge in [-0.3, -0.25) is 24.5 Å². The third kappa shape index (κ3) is 4.87. The van der Waals surface area contributed by atoms with Crippen LogP contribution in [-0.4, -0.2) is 68.6 Å². The molecule has 0 saturated carbocycles. The van der Waals surface area contributed by atoms with Crippen LogP contribution in [0.2, 0.25) is 0 Å². The first-order chi connectivity index (χ1) is 17.0. The molecule has 4 heterocycles. The average molecular weight is 478 g/mol. The Balaban J connectivity index is 1.22. The summed E-state index contributed by atoms with van der Waals surface area (Å²) in [6.45, 7) is 1.35. The molecule has 1 aromatic heterocycles. The maximum absolute atomic E-state index is 12.9. The van der Waals surface area contributed by atoms with Gasteiger partial charge in [0.25, 0.3) is 5.91 Å². The number of piperidine rings is 2. The topological polar surface area (TPSA) is 122 Å². The van der Waals surface area contributed by atoms with Gasteiger partial charge in [-0.05, 0) is 55.0 Å². The molecule has 1 N–H and O–H groups in total. The predicted octanol–water partition coefficient (Wildman–Crippen LogP) is 1.24. The number of hydrogen-bond donors (Lipinski definition) is 1. The van der Waals surface area contributed by atoms with Crippen LogP contribution in [0.15, 0.2) is 36.9 Å². The van der Waals surface area contributed by atoms with Gasteiger partial charge in [-0.1, -0.05) is 0 Å². The van der Waals surface area contributed by atoms with Crippen LogP contribution in [0.5, 0.6) is 5.75 Å². The van der Waals surface area contributed by atoms with Gasteiger partial charge in [-0.15, -0.1) is 0 Å². The lowest BCUT2D eigenvalue weighted by molar-refractivity contribution is -0.137. The van der Waals surface area contributed by atoms with Crippen LogP contribution in [0.1, 0.15) is 53.6 Å². The number of carbonyl (C=O) groups excluding carboxylic acids is 4. The number of hydrogen-bond acceptors (Lipinski definition) is 7. The monoisotopic (exact) mass is 477 g/mol. The molecule has 2 aromatic rings. The second-order valence-corrected chi connectivity index (χ2v) is 9.19. The molecule has 3 aliphatic heterocycles. The number of nitrogens with zero attached hydrogens (tertiary/aromatic N) is 4. The Bertz CT molecular complexity index is 1150. The average Bonchev–Trinajstić information content (AvgIpc) is 3.19. The van der Waals surface area contributed by atoms with E-state index in [1.54, 1.807) is 24.5 Å². The molecule has 10 heteroatoms. The van der Waals surface area contributed by atoms with Crippen molar-refractivity contribution >= 4 is 23.6 Å². The SMILES string of the molecule is O=C1CCC(N2Cc3cc(OC[C@H]4CCCCN4C(=O)Cc4cncnc4)ccc3C2=O)C(=O)N1. The summed E-state index contributed by atoms with van der Waals surface area (Å²) in [7, 11) is 0. The third-order valence-corrected chi connectivity index (χ3v) is 6.85. The van der Waals surface area contributed by atoms with Gasteiger partial charge in [0, 0.05) is 37.5 Å². The van der Waals surface area contributed by atoms with Gasteiger partial charge in [-0.2, -0.15) is 0 Å². The van der Waals surface area contributed by atoms with Gasteiger partial charge < -0.3 is 14.5 Å². The number of ether oxygens (including phenoxy) is 1. The van der Waals surface area contributed by atoms with Crippen LogP contribution in [0.4, 0.5) is 0 Å². The fourth-order valence-corrected chi connectivity index (χ4v) is 5.03. The van der Waals surface area contributed by atoms with Crippen LogP contribution < -0.4 is 10.1 Å². The molecule has 2 saturated heterocycles. The van der Waals surface area contributed by atoms with Crippen molar-refractivity contribution in [2.75, 3.05) is 13.2 Å². The summed E-state index contributed by atoms with van der Waals surface area (Å²) in [4.78, 5) is 60.9. The van der Waals surface area contributed by atoms with E-state index >= 15 is 0 Å². The molecule has 0 radical (unpaired) electrons. The first-order valence-corrected chi connectivity index (χ1v) is 11.9. The number of benzene rings is 1. The van der Waals surface area contributed by atoms with E-state index < -0.39 is 11.9 Å². The Morgan fingerprint density at radius 3 is 2.74 bits per heavy atom. The normalized spacial score (nSPS) is 22.1. The molecule has 4 amide bonds. The van der Waals surface area contributed by atoms with E-state index in [9.17, 15) is 19.2 Å². The highest BCUT2D eigenvalue weighted by Crippen LogP contribution is 2.30. The molecule has 2 atom stereocenters. The lowest BCUT2D eigenvalue weighted by Gasteiger charge is -2.35. The molecule has 2 fully saturated rings. The zero-order valence-electron chi connectivity index (χ0n) is 19.3. The molecule has 5 rings (SSSR count). The number of imide groups is 1. The highest BCUT2D eigenvalue weighted by molar-refractivity contribution is 6.05. The highest BCUT2D eigenvalue weighted by atomic mass is 16.5. The van der Waals surface area contributed by atoms with Crippen molar-refractivity contribution in [2.24, 2.45) is 0 Å². The van der Waals surface area contributed by atoms with E-state index in [1.165, 1.54) is 11.2 Å². The molecule has 0 spiro atoms. The number of likely N-dealkylation sites (tertiary alicyclic amines) is 1. The number of rotatable bonds is 6. The van der Waals surface area contributed by atoms with E-state index in [0.29, 0.717) is 37.4 Å². The molecule has 1 unspecified atom stereocenters. The quantitative estimate of drug-likeness (QED) is 0.621. The standard InChI is InChI=1S/C25H27N5O5/c31-22-7-6-21(24(33)28-22)30-13-17-10-19(4-5-20(17)25(30)34)35-14-18-3-1-2-8-29(18)23(32)9-16-11-26-15-27-12-16/h4-5,10-12,15,18,21H,1-3,6-9,13-14H2,(H,28,31,33)/t18-,21?/m1/s1. The Morgan fingerprint density at radius 1 is 1.11 bits per heavy atom. The molecule has 182 valence electrons. The van der Waals surface area contributed by atoms with Crippen molar-refractivity contribution in [3.8, 4) is 5.75 Å². The minimum absolute atomic E-state index is 0.0317. The molecular weight excluding hydrogens is 450 g/mol. The summed E-state index contributed by atoms with van der Waals surface area (Å²) in [6.07, 6.45) is 8.43. The van der Waals surface area contributed by atoms with Gasteiger partial charge in [0.2, 0.25) is 17.7 Å². The van der Waals surface area contributed by atoms with E-state index in [1.807, 2.05) is 11.0 Å². The summed E-state index contributed by atoms with van der Waals surface area (Å²) >= 11 is 0. The first-order valence-electron chi connectivity index (χ1n) is 11.9. The Hall–Kier alpha value is -3.82. The van der Waals surface area contributed by atoms with E-state index in [0.717, 1.165) is 30.4 Å². The Labute approximate surface area is 202 Å². The highest BCUT2D eigenvalue weighted by Gasteiger charge is 2.39. The van der Waals surface area contributed by atoms with Crippen LogP contribution in [0.25, 0.3) is 0 Å². The van der Waals surface area contributed by atoms with Crippen molar-refractivity contribution in [3.63, 3.8) is 0 Å². The van der Waals surface area contributed by atoms with Gasteiger partial charge >= 0.3 is 0 Å². The summed E-state index contributed by atoms with van der Waals surface area (Å²) in [5.74, 6) is -0.292. The summed E-state index contributed by atoms with van der Waals surface area (Å²) in [6, 6.07) is 4.62. The Morgan fingerprint density at radius 2 is 1.94 bits per heavy atom. The van der Waals surface area contributed by atoms with E-state index in [-0.39, 0.29) is 36.6 Å². The van der Waals surface area contributed by atoms with E-state index in [2.05, 4.69) is 15.3 Å². The lowest BCUT2D eigenvalue weighted by Crippen LogP contribution is -2.52. The van der Waals surface area contributed by atoms with Gasteiger partial charge in [0.05, 0.1) is 12.5 Å². The molecule has 10 nitrogen and oxygen atoms in total. The third-order valence-electron chi connectivity index (χ3n) is 6.85. The largest absolute Gasteiger partial charge is 0.491 e. The fraction of sp³-hybridized carbons (Fsp3) is 0.440. The van der Waals surface area contributed by atoms with Crippen molar-refractivity contribution in [2.45, 2.75) is 57.2 Å². The second kappa shape index (κ2) is 9.81.